The summed E-state index contributed by atoms with van der Waals surface area (Å²) in [6.07, 6.45) is 2.00. The standard InChI is InChI=1S/C25H28N4O4S/c1-18(22-27-28-23(33-22)26-24(34-2)29-11-13-30-14-12-29)19-7-6-10-21(17-19)25(31-15-16-32-25)20-8-4-3-5-9-20/h3-10,17-18H,11-16H2,1-2H3/b26-24-. The van der Waals surface area contributed by atoms with E-state index < -0.39 is 5.79 Å². The van der Waals surface area contributed by atoms with E-state index in [1.807, 2.05) is 55.6 Å². The topological polar surface area (TPSA) is 82.2 Å². The second-order valence-electron chi connectivity index (χ2n) is 8.15. The fourth-order valence-corrected chi connectivity index (χ4v) is 4.86. The number of aromatic nitrogens is 2. The highest BCUT2D eigenvalue weighted by Gasteiger charge is 2.40. The Morgan fingerprint density at radius 2 is 1.71 bits per heavy atom. The molecule has 2 aliphatic heterocycles. The van der Waals surface area contributed by atoms with Crippen molar-refractivity contribution in [2.75, 3.05) is 45.8 Å². The highest BCUT2D eigenvalue weighted by Crippen LogP contribution is 2.39. The summed E-state index contributed by atoms with van der Waals surface area (Å²) in [7, 11) is 0. The maximum absolute atomic E-state index is 6.16. The van der Waals surface area contributed by atoms with Gasteiger partial charge in [0.05, 0.1) is 32.3 Å². The number of nitrogens with zero attached hydrogens (tertiary/aromatic N) is 4. The van der Waals surface area contributed by atoms with Gasteiger partial charge in [-0.3, -0.25) is 0 Å². The lowest BCUT2D eigenvalue weighted by Crippen LogP contribution is -2.39. The number of amidine groups is 1. The average Bonchev–Trinajstić information content (AvgIpc) is 3.59. The number of ether oxygens (including phenoxy) is 3. The quantitative estimate of drug-likeness (QED) is 0.398. The zero-order valence-corrected chi connectivity index (χ0v) is 20.2. The largest absolute Gasteiger partial charge is 0.406 e. The van der Waals surface area contributed by atoms with Gasteiger partial charge in [-0.2, -0.15) is 4.99 Å². The van der Waals surface area contributed by atoms with Crippen molar-refractivity contribution in [1.29, 1.82) is 0 Å². The van der Waals surface area contributed by atoms with Gasteiger partial charge in [-0.15, -0.1) is 5.10 Å². The van der Waals surface area contributed by atoms with Crippen molar-refractivity contribution >= 4 is 22.9 Å². The molecule has 2 saturated heterocycles. The lowest BCUT2D eigenvalue weighted by atomic mass is 9.92. The van der Waals surface area contributed by atoms with Crippen molar-refractivity contribution in [2.45, 2.75) is 18.6 Å². The molecule has 1 unspecified atom stereocenters. The van der Waals surface area contributed by atoms with Crippen LogP contribution in [0.5, 0.6) is 0 Å². The molecule has 3 aromatic rings. The smallest absolute Gasteiger partial charge is 0.344 e. The van der Waals surface area contributed by atoms with Gasteiger partial charge in [-0.1, -0.05) is 65.4 Å². The summed E-state index contributed by atoms with van der Waals surface area (Å²) in [4.78, 5) is 6.77. The van der Waals surface area contributed by atoms with E-state index >= 15 is 0 Å². The average molecular weight is 481 g/mol. The SMILES string of the molecule is CS/C(=N\c1nnc(C(C)c2cccc(C3(c4ccccc4)OCCO3)c2)o1)N1CCOCC1. The number of rotatable bonds is 5. The van der Waals surface area contributed by atoms with Crippen LogP contribution in [-0.4, -0.2) is 66.0 Å². The molecule has 9 heteroatoms. The fraction of sp³-hybridized carbons (Fsp3) is 0.400. The van der Waals surface area contributed by atoms with E-state index in [-0.39, 0.29) is 11.9 Å². The molecule has 1 atom stereocenters. The molecule has 2 aliphatic rings. The van der Waals surface area contributed by atoms with Gasteiger partial charge in [0, 0.05) is 24.2 Å². The predicted molar refractivity (Wildman–Crippen MR) is 130 cm³/mol. The summed E-state index contributed by atoms with van der Waals surface area (Å²) in [5.41, 5.74) is 2.94. The normalized spacial score (nSPS) is 19.4. The monoisotopic (exact) mass is 480 g/mol. The Morgan fingerprint density at radius 1 is 0.971 bits per heavy atom. The van der Waals surface area contributed by atoms with E-state index in [1.165, 1.54) is 0 Å². The van der Waals surface area contributed by atoms with Crippen molar-refractivity contribution in [3.05, 3.63) is 77.2 Å². The second-order valence-corrected chi connectivity index (χ2v) is 8.92. The van der Waals surface area contributed by atoms with E-state index in [0.29, 0.717) is 32.3 Å². The van der Waals surface area contributed by atoms with Crippen LogP contribution in [0.25, 0.3) is 0 Å². The maximum atomic E-state index is 6.16. The number of morpholine rings is 1. The Morgan fingerprint density at radius 3 is 2.44 bits per heavy atom. The van der Waals surface area contributed by atoms with Crippen LogP contribution >= 0.6 is 11.8 Å². The maximum Gasteiger partial charge on any atom is 0.344 e. The van der Waals surface area contributed by atoms with Crippen LogP contribution in [0, 0.1) is 0 Å². The van der Waals surface area contributed by atoms with Crippen LogP contribution in [0.4, 0.5) is 6.01 Å². The molecule has 178 valence electrons. The molecule has 0 saturated carbocycles. The van der Waals surface area contributed by atoms with Crippen molar-refractivity contribution in [1.82, 2.24) is 15.1 Å². The first-order valence-electron chi connectivity index (χ1n) is 11.4. The minimum atomic E-state index is -0.910. The molecule has 5 rings (SSSR count). The highest BCUT2D eigenvalue weighted by molar-refractivity contribution is 8.13. The van der Waals surface area contributed by atoms with E-state index in [2.05, 4.69) is 32.2 Å². The van der Waals surface area contributed by atoms with Gasteiger partial charge in [-0.05, 0) is 24.8 Å². The minimum absolute atomic E-state index is 0.119. The fourth-order valence-electron chi connectivity index (χ4n) is 4.25. The molecule has 0 radical (unpaired) electrons. The van der Waals surface area contributed by atoms with Gasteiger partial charge in [0.2, 0.25) is 11.7 Å². The zero-order valence-electron chi connectivity index (χ0n) is 19.3. The third kappa shape index (κ3) is 4.61. The van der Waals surface area contributed by atoms with Gasteiger partial charge >= 0.3 is 6.01 Å². The van der Waals surface area contributed by atoms with E-state index in [1.54, 1.807) is 11.8 Å². The second kappa shape index (κ2) is 10.3. The Hall–Kier alpha value is -2.72. The van der Waals surface area contributed by atoms with E-state index in [9.17, 15) is 0 Å². The summed E-state index contributed by atoms with van der Waals surface area (Å²) >= 11 is 1.56. The number of aliphatic imine (C=N–C) groups is 1. The number of hydrogen-bond acceptors (Lipinski definition) is 8. The molecular weight excluding hydrogens is 452 g/mol. The number of benzene rings is 2. The summed E-state index contributed by atoms with van der Waals surface area (Å²) in [6.45, 7) is 6.12. The molecule has 2 fully saturated rings. The van der Waals surface area contributed by atoms with Crippen LogP contribution in [0.3, 0.4) is 0 Å². The Balaban J connectivity index is 1.40. The molecule has 0 bridgehead atoms. The lowest BCUT2D eigenvalue weighted by molar-refractivity contribution is -0.129. The summed E-state index contributed by atoms with van der Waals surface area (Å²) in [5, 5.41) is 9.33. The number of thioether (sulfide) groups is 1. The van der Waals surface area contributed by atoms with Crippen LogP contribution in [0.15, 0.2) is 64.0 Å². The van der Waals surface area contributed by atoms with E-state index in [0.717, 1.165) is 34.9 Å². The first-order chi connectivity index (χ1) is 16.7. The third-order valence-corrected chi connectivity index (χ3v) is 6.78. The molecular formula is C25H28N4O4S. The van der Waals surface area contributed by atoms with Crippen LogP contribution < -0.4 is 0 Å². The third-order valence-electron chi connectivity index (χ3n) is 6.07. The lowest BCUT2D eigenvalue weighted by Gasteiger charge is -2.29. The Labute approximate surface area is 203 Å². The zero-order chi connectivity index (χ0) is 23.4. The van der Waals surface area contributed by atoms with Gasteiger partial charge in [0.25, 0.3) is 0 Å². The molecule has 1 aromatic heterocycles. The molecule has 8 nitrogen and oxygen atoms in total. The summed E-state index contributed by atoms with van der Waals surface area (Å²) in [6, 6.07) is 18.5. The first kappa shape index (κ1) is 23.0. The van der Waals surface area contributed by atoms with E-state index in [4.69, 9.17) is 18.6 Å². The molecule has 0 aliphatic carbocycles. The molecule has 2 aromatic carbocycles. The molecule has 34 heavy (non-hydrogen) atoms. The molecule has 0 amide bonds. The van der Waals surface area contributed by atoms with Gasteiger partial charge < -0.3 is 23.5 Å². The molecule has 0 N–H and O–H groups in total. The van der Waals surface area contributed by atoms with Crippen LogP contribution in [0.2, 0.25) is 0 Å². The predicted octanol–water partition coefficient (Wildman–Crippen LogP) is 4.15. The van der Waals surface area contributed by atoms with Crippen LogP contribution in [-0.2, 0) is 20.0 Å². The number of hydrogen-bond donors (Lipinski definition) is 0. The Kier molecular flexibility index (Phi) is 6.96. The van der Waals surface area contributed by atoms with Crippen molar-refractivity contribution < 1.29 is 18.6 Å². The Bertz CT molecular complexity index is 1120. The molecule has 3 heterocycles. The summed E-state index contributed by atoms with van der Waals surface area (Å²) < 4.78 is 23.7. The van der Waals surface area contributed by atoms with Crippen molar-refractivity contribution in [2.24, 2.45) is 4.99 Å². The minimum Gasteiger partial charge on any atom is -0.406 e. The first-order valence-corrected chi connectivity index (χ1v) is 12.6. The van der Waals surface area contributed by atoms with Crippen LogP contribution in [0.1, 0.15) is 35.4 Å². The van der Waals surface area contributed by atoms with Gasteiger partial charge in [0.15, 0.2) is 5.17 Å². The van der Waals surface area contributed by atoms with Gasteiger partial charge in [0.1, 0.15) is 0 Å². The van der Waals surface area contributed by atoms with Crippen molar-refractivity contribution in [3.8, 4) is 0 Å². The van der Waals surface area contributed by atoms with Gasteiger partial charge in [-0.25, -0.2) is 0 Å². The molecule has 0 spiro atoms. The highest BCUT2D eigenvalue weighted by atomic mass is 32.2. The summed E-state index contributed by atoms with van der Waals surface area (Å²) in [5.74, 6) is -0.515. The van der Waals surface area contributed by atoms with Crippen molar-refractivity contribution in [3.63, 3.8) is 0 Å².